The van der Waals surface area contributed by atoms with E-state index in [1.165, 1.54) is 0 Å². The van der Waals surface area contributed by atoms with Gasteiger partial charge in [0.1, 0.15) is 5.75 Å². The lowest BCUT2D eigenvalue weighted by atomic mass is 10.3. The van der Waals surface area contributed by atoms with Crippen LogP contribution in [0.2, 0.25) is 0 Å². The van der Waals surface area contributed by atoms with E-state index in [-0.39, 0.29) is 0 Å². The van der Waals surface area contributed by atoms with Crippen molar-refractivity contribution < 1.29 is 4.74 Å². The second-order valence-electron chi connectivity index (χ2n) is 4.98. The Morgan fingerprint density at radius 2 is 2.10 bits per heavy atom. The number of hydrogen-bond acceptors (Lipinski definition) is 6. The van der Waals surface area contributed by atoms with Gasteiger partial charge in [0.2, 0.25) is 0 Å². The molecule has 1 aliphatic heterocycles. The average molecular weight is 292 g/mol. The van der Waals surface area contributed by atoms with Gasteiger partial charge in [-0.05, 0) is 32.2 Å². The minimum Gasteiger partial charge on any atom is -0.494 e. The largest absolute Gasteiger partial charge is 0.494 e. The Morgan fingerprint density at radius 1 is 1.30 bits per heavy atom. The third-order valence-corrected chi connectivity index (χ3v) is 4.35. The Kier molecular flexibility index (Phi) is 4.05. The third-order valence-electron chi connectivity index (χ3n) is 3.43. The summed E-state index contributed by atoms with van der Waals surface area (Å²) in [5.74, 6) is 0.912. The highest BCUT2D eigenvalue weighted by molar-refractivity contribution is 7.22. The van der Waals surface area contributed by atoms with Crippen LogP contribution in [0.4, 0.5) is 5.13 Å². The maximum absolute atomic E-state index is 5.53. The van der Waals surface area contributed by atoms with Crippen molar-refractivity contribution in [2.24, 2.45) is 0 Å². The van der Waals surface area contributed by atoms with Crippen LogP contribution in [0.15, 0.2) is 18.2 Å². The number of fused-ring (bicyclic) bond motifs is 1. The zero-order valence-corrected chi connectivity index (χ0v) is 12.7. The summed E-state index contributed by atoms with van der Waals surface area (Å²) in [5, 5.41) is 3.19. The first-order chi connectivity index (χ1) is 9.74. The van der Waals surface area contributed by atoms with Gasteiger partial charge in [-0.2, -0.15) is 0 Å². The van der Waals surface area contributed by atoms with Crippen molar-refractivity contribution in [1.29, 1.82) is 0 Å². The summed E-state index contributed by atoms with van der Waals surface area (Å²) in [6.45, 7) is 6.92. The molecule has 0 bridgehead atoms. The topological polar surface area (TPSA) is 40.6 Å². The predicted octanol–water partition coefficient (Wildman–Crippen LogP) is 2.27. The van der Waals surface area contributed by atoms with Gasteiger partial charge in [0.05, 0.1) is 16.8 Å². The fraction of sp³-hybridized carbons (Fsp3) is 0.500. The molecule has 108 valence electrons. The molecule has 1 aromatic carbocycles. The number of nitrogens with zero attached hydrogens (tertiary/aromatic N) is 3. The molecule has 0 atom stereocenters. The zero-order chi connectivity index (χ0) is 13.9. The van der Waals surface area contributed by atoms with Crippen molar-refractivity contribution in [3.8, 4) is 5.75 Å². The Balaban J connectivity index is 1.72. The number of rotatable bonds is 4. The minimum absolute atomic E-state index is 0.691. The van der Waals surface area contributed by atoms with Crippen LogP contribution in [0.3, 0.4) is 0 Å². The van der Waals surface area contributed by atoms with Gasteiger partial charge in [-0.25, -0.2) is 9.99 Å². The van der Waals surface area contributed by atoms with Crippen LogP contribution in [0, 0.1) is 0 Å². The fourth-order valence-corrected chi connectivity index (χ4v) is 3.18. The van der Waals surface area contributed by atoms with E-state index < -0.39 is 0 Å². The molecule has 6 heteroatoms. The molecule has 20 heavy (non-hydrogen) atoms. The van der Waals surface area contributed by atoms with Crippen LogP contribution in [-0.4, -0.2) is 54.7 Å². The number of piperazine rings is 1. The van der Waals surface area contributed by atoms with Crippen molar-refractivity contribution in [1.82, 2.24) is 14.9 Å². The molecule has 0 saturated carbocycles. The predicted molar refractivity (Wildman–Crippen MR) is 83.5 cm³/mol. The van der Waals surface area contributed by atoms with Gasteiger partial charge in [-0.1, -0.05) is 11.3 Å². The van der Waals surface area contributed by atoms with E-state index in [1.807, 2.05) is 19.1 Å². The summed E-state index contributed by atoms with van der Waals surface area (Å²) in [6.07, 6.45) is 0. The van der Waals surface area contributed by atoms with Crippen molar-refractivity contribution >= 4 is 26.7 Å². The molecular weight excluding hydrogens is 272 g/mol. The van der Waals surface area contributed by atoms with Crippen molar-refractivity contribution in [3.63, 3.8) is 0 Å². The molecule has 1 aliphatic rings. The lowest BCUT2D eigenvalue weighted by Crippen LogP contribution is -2.46. The first kappa shape index (κ1) is 13.6. The standard InChI is InChI=1S/C14H20N4OS/c1-3-19-11-4-5-12-13(10-11)20-14(15-12)16-18-8-6-17(2)7-9-18/h4-5,10H,3,6-9H2,1-2H3,(H,15,16). The minimum atomic E-state index is 0.691. The molecule has 2 aromatic rings. The number of benzene rings is 1. The molecule has 1 aromatic heterocycles. The van der Waals surface area contributed by atoms with Crippen LogP contribution in [0.5, 0.6) is 5.75 Å². The van der Waals surface area contributed by atoms with Gasteiger partial charge in [0.25, 0.3) is 0 Å². The number of likely N-dealkylation sites (N-methyl/N-ethyl adjacent to an activating group) is 1. The highest BCUT2D eigenvalue weighted by atomic mass is 32.1. The summed E-state index contributed by atoms with van der Waals surface area (Å²) < 4.78 is 6.69. The van der Waals surface area contributed by atoms with E-state index >= 15 is 0 Å². The Labute approximate surface area is 123 Å². The maximum Gasteiger partial charge on any atom is 0.198 e. The number of thiazole rings is 1. The van der Waals surface area contributed by atoms with Crippen LogP contribution >= 0.6 is 11.3 Å². The van der Waals surface area contributed by atoms with Gasteiger partial charge >= 0.3 is 0 Å². The monoisotopic (exact) mass is 292 g/mol. The molecule has 1 saturated heterocycles. The van der Waals surface area contributed by atoms with E-state index in [0.717, 1.165) is 47.3 Å². The van der Waals surface area contributed by atoms with E-state index in [4.69, 9.17) is 4.74 Å². The van der Waals surface area contributed by atoms with Gasteiger partial charge in [-0.3, -0.25) is 5.43 Å². The van der Waals surface area contributed by atoms with Gasteiger partial charge in [0.15, 0.2) is 5.13 Å². The molecule has 0 radical (unpaired) electrons. The second kappa shape index (κ2) is 5.95. The van der Waals surface area contributed by atoms with Crippen LogP contribution in [0.25, 0.3) is 10.2 Å². The summed E-state index contributed by atoms with van der Waals surface area (Å²) in [4.78, 5) is 6.96. The Morgan fingerprint density at radius 3 is 2.85 bits per heavy atom. The van der Waals surface area contributed by atoms with E-state index in [9.17, 15) is 0 Å². The third kappa shape index (κ3) is 3.03. The van der Waals surface area contributed by atoms with Crippen LogP contribution < -0.4 is 10.2 Å². The number of aromatic nitrogens is 1. The molecule has 0 unspecified atom stereocenters. The fourth-order valence-electron chi connectivity index (χ4n) is 2.26. The number of ether oxygens (including phenoxy) is 1. The first-order valence-electron chi connectivity index (χ1n) is 6.98. The quantitative estimate of drug-likeness (QED) is 0.936. The molecular formula is C14H20N4OS. The number of anilines is 1. The van der Waals surface area contributed by atoms with Gasteiger partial charge in [0, 0.05) is 26.2 Å². The molecule has 3 rings (SSSR count). The molecule has 1 N–H and O–H groups in total. The Bertz CT molecular complexity index is 578. The SMILES string of the molecule is CCOc1ccc2nc(NN3CCN(C)CC3)sc2c1. The van der Waals surface area contributed by atoms with Crippen LogP contribution in [0.1, 0.15) is 6.92 Å². The number of hydrazine groups is 1. The van der Waals surface area contributed by atoms with Crippen molar-refractivity contribution in [2.45, 2.75) is 6.92 Å². The van der Waals surface area contributed by atoms with Gasteiger partial charge in [-0.15, -0.1) is 0 Å². The van der Waals surface area contributed by atoms with Gasteiger partial charge < -0.3 is 9.64 Å². The summed E-state index contributed by atoms with van der Waals surface area (Å²) in [7, 11) is 2.16. The normalized spacial score (nSPS) is 17.5. The Hall–Kier alpha value is -1.37. The van der Waals surface area contributed by atoms with E-state index in [1.54, 1.807) is 11.3 Å². The number of nitrogens with one attached hydrogen (secondary N) is 1. The summed E-state index contributed by atoms with van der Waals surface area (Å²) in [5.41, 5.74) is 4.44. The highest BCUT2D eigenvalue weighted by Gasteiger charge is 2.15. The highest BCUT2D eigenvalue weighted by Crippen LogP contribution is 2.29. The molecule has 2 heterocycles. The average Bonchev–Trinajstić information content (AvgIpc) is 2.83. The maximum atomic E-state index is 5.53. The number of hydrogen-bond donors (Lipinski definition) is 1. The molecule has 0 spiro atoms. The van der Waals surface area contributed by atoms with Crippen LogP contribution in [-0.2, 0) is 0 Å². The van der Waals surface area contributed by atoms with E-state index in [2.05, 4.69) is 33.4 Å². The van der Waals surface area contributed by atoms with E-state index in [0.29, 0.717) is 6.61 Å². The molecule has 5 nitrogen and oxygen atoms in total. The smallest absolute Gasteiger partial charge is 0.198 e. The lowest BCUT2D eigenvalue weighted by Gasteiger charge is -2.32. The molecule has 0 amide bonds. The summed E-state index contributed by atoms with van der Waals surface area (Å²) >= 11 is 1.67. The molecule has 1 fully saturated rings. The zero-order valence-electron chi connectivity index (χ0n) is 11.9. The lowest BCUT2D eigenvalue weighted by molar-refractivity contribution is 0.179. The molecule has 0 aliphatic carbocycles. The van der Waals surface area contributed by atoms with Crippen molar-refractivity contribution in [2.75, 3.05) is 45.3 Å². The van der Waals surface area contributed by atoms with Crippen molar-refractivity contribution in [3.05, 3.63) is 18.2 Å². The summed E-state index contributed by atoms with van der Waals surface area (Å²) in [6, 6.07) is 6.06. The second-order valence-corrected chi connectivity index (χ2v) is 6.01. The first-order valence-corrected chi connectivity index (χ1v) is 7.80.